The Balaban J connectivity index is 1.54. The van der Waals surface area contributed by atoms with Crippen molar-refractivity contribution in [2.75, 3.05) is 20.1 Å². The topological polar surface area (TPSA) is 113 Å². The van der Waals surface area contributed by atoms with E-state index in [4.69, 9.17) is 10.2 Å². The van der Waals surface area contributed by atoms with Gasteiger partial charge in [-0.3, -0.25) is 14.6 Å². The number of benzene rings is 1. The highest BCUT2D eigenvalue weighted by atomic mass is 16.3. The van der Waals surface area contributed by atoms with E-state index in [1.165, 1.54) is 0 Å². The summed E-state index contributed by atoms with van der Waals surface area (Å²) in [5, 5.41) is 6.22. The van der Waals surface area contributed by atoms with Crippen LogP contribution in [-0.4, -0.2) is 42.8 Å². The first-order valence-corrected chi connectivity index (χ1v) is 10.2. The third kappa shape index (κ3) is 6.10. The molecule has 1 aliphatic heterocycles. The molecule has 3 rings (SSSR count). The fourth-order valence-electron chi connectivity index (χ4n) is 3.73. The maximum Gasteiger partial charge on any atom is 0.251 e. The number of primary amides is 1. The van der Waals surface area contributed by atoms with Crippen LogP contribution in [0, 0.1) is 5.92 Å². The summed E-state index contributed by atoms with van der Waals surface area (Å²) in [4.78, 5) is 30.2. The van der Waals surface area contributed by atoms with Gasteiger partial charge in [-0.1, -0.05) is 12.1 Å². The summed E-state index contributed by atoms with van der Waals surface area (Å²) in [5.41, 5.74) is 6.93. The van der Waals surface area contributed by atoms with Crippen molar-refractivity contribution in [3.8, 4) is 0 Å². The molecule has 8 heteroatoms. The van der Waals surface area contributed by atoms with Crippen LogP contribution in [0.2, 0.25) is 0 Å². The maximum absolute atomic E-state index is 12.4. The highest BCUT2D eigenvalue weighted by Gasteiger charge is 2.23. The van der Waals surface area contributed by atoms with Crippen molar-refractivity contribution in [2.24, 2.45) is 16.6 Å². The van der Waals surface area contributed by atoms with Crippen LogP contribution in [0.25, 0.3) is 0 Å². The number of piperidine rings is 1. The Bertz CT molecular complexity index is 879. The van der Waals surface area contributed by atoms with Gasteiger partial charge in [0, 0.05) is 38.7 Å². The summed E-state index contributed by atoms with van der Waals surface area (Å²) in [6, 6.07) is 11.1. The lowest BCUT2D eigenvalue weighted by atomic mass is 9.95. The van der Waals surface area contributed by atoms with Gasteiger partial charge in [0.2, 0.25) is 5.91 Å². The quantitative estimate of drug-likeness (QED) is 0.476. The SMILES string of the molecule is CN=C(NCc1cccc(C(=O)NCc2ccco2)c1)N1CCCC(CC(N)=O)C1. The number of hydrogen-bond acceptors (Lipinski definition) is 4. The van der Waals surface area contributed by atoms with E-state index in [0.717, 1.165) is 37.5 Å². The Morgan fingerprint density at radius 2 is 2.10 bits per heavy atom. The van der Waals surface area contributed by atoms with Crippen molar-refractivity contribution in [1.82, 2.24) is 15.5 Å². The van der Waals surface area contributed by atoms with Gasteiger partial charge in [0.15, 0.2) is 5.96 Å². The molecule has 2 heterocycles. The van der Waals surface area contributed by atoms with Crippen molar-refractivity contribution in [3.05, 3.63) is 59.5 Å². The lowest BCUT2D eigenvalue weighted by Gasteiger charge is -2.34. The number of nitrogens with zero attached hydrogens (tertiary/aromatic N) is 2. The van der Waals surface area contributed by atoms with E-state index in [0.29, 0.717) is 30.8 Å². The van der Waals surface area contributed by atoms with E-state index < -0.39 is 0 Å². The van der Waals surface area contributed by atoms with Crippen LogP contribution in [-0.2, 0) is 17.9 Å². The van der Waals surface area contributed by atoms with Crippen LogP contribution in [0.1, 0.15) is 40.9 Å². The molecule has 0 spiro atoms. The summed E-state index contributed by atoms with van der Waals surface area (Å²) in [6.45, 7) is 2.55. The van der Waals surface area contributed by atoms with E-state index in [-0.39, 0.29) is 17.7 Å². The largest absolute Gasteiger partial charge is 0.467 e. The summed E-state index contributed by atoms with van der Waals surface area (Å²) in [5.74, 6) is 1.35. The summed E-state index contributed by atoms with van der Waals surface area (Å²) in [6.07, 6.45) is 4.00. The van der Waals surface area contributed by atoms with E-state index in [2.05, 4.69) is 20.5 Å². The molecule has 1 saturated heterocycles. The summed E-state index contributed by atoms with van der Waals surface area (Å²) < 4.78 is 5.24. The maximum atomic E-state index is 12.4. The standard InChI is InChI=1S/C22H29N5O3/c1-24-22(27-9-3-6-17(15-27)12-20(23)28)26-13-16-5-2-7-18(11-16)21(29)25-14-19-8-4-10-30-19/h2,4-5,7-8,10-11,17H,3,6,9,12-15H2,1H3,(H2,23,28)(H,24,26)(H,25,29). The van der Waals surface area contributed by atoms with Gasteiger partial charge < -0.3 is 25.7 Å². The zero-order valence-corrected chi connectivity index (χ0v) is 17.3. The van der Waals surface area contributed by atoms with Crippen molar-refractivity contribution >= 4 is 17.8 Å². The Morgan fingerprint density at radius 1 is 1.23 bits per heavy atom. The van der Waals surface area contributed by atoms with E-state index in [9.17, 15) is 9.59 Å². The van der Waals surface area contributed by atoms with Crippen molar-refractivity contribution in [3.63, 3.8) is 0 Å². The van der Waals surface area contributed by atoms with Crippen molar-refractivity contribution in [1.29, 1.82) is 0 Å². The number of amides is 2. The number of nitrogens with one attached hydrogen (secondary N) is 2. The van der Waals surface area contributed by atoms with Crippen LogP contribution in [0.4, 0.5) is 0 Å². The van der Waals surface area contributed by atoms with Gasteiger partial charge in [0.25, 0.3) is 5.91 Å². The number of likely N-dealkylation sites (tertiary alicyclic amines) is 1. The minimum absolute atomic E-state index is 0.150. The molecule has 1 atom stereocenters. The number of aliphatic imine (C=N–C) groups is 1. The Morgan fingerprint density at radius 3 is 2.83 bits per heavy atom. The van der Waals surface area contributed by atoms with E-state index in [1.807, 2.05) is 24.3 Å². The predicted octanol–water partition coefficient (Wildman–Crippen LogP) is 1.87. The number of furan rings is 1. The third-order valence-corrected chi connectivity index (χ3v) is 5.16. The molecule has 1 unspecified atom stereocenters. The lowest BCUT2D eigenvalue weighted by molar-refractivity contribution is -0.119. The second kappa shape index (κ2) is 10.5. The highest BCUT2D eigenvalue weighted by Crippen LogP contribution is 2.19. The second-order valence-corrected chi connectivity index (χ2v) is 7.49. The number of nitrogens with two attached hydrogens (primary N) is 1. The zero-order valence-electron chi connectivity index (χ0n) is 17.3. The molecule has 4 N–H and O–H groups in total. The summed E-state index contributed by atoms with van der Waals surface area (Å²) >= 11 is 0. The first-order valence-electron chi connectivity index (χ1n) is 10.2. The molecule has 1 aliphatic rings. The number of rotatable bonds is 7. The molecule has 1 aromatic heterocycles. The van der Waals surface area contributed by atoms with Gasteiger partial charge >= 0.3 is 0 Å². The number of hydrogen-bond donors (Lipinski definition) is 3. The van der Waals surface area contributed by atoms with E-state index in [1.54, 1.807) is 25.4 Å². The molecule has 30 heavy (non-hydrogen) atoms. The molecule has 2 amide bonds. The molecular formula is C22H29N5O3. The highest BCUT2D eigenvalue weighted by molar-refractivity contribution is 5.94. The van der Waals surface area contributed by atoms with Crippen LogP contribution >= 0.6 is 0 Å². The van der Waals surface area contributed by atoms with Gasteiger partial charge in [0.05, 0.1) is 12.8 Å². The van der Waals surface area contributed by atoms with Gasteiger partial charge in [-0.05, 0) is 48.6 Å². The number of guanidine groups is 1. The third-order valence-electron chi connectivity index (χ3n) is 5.16. The van der Waals surface area contributed by atoms with E-state index >= 15 is 0 Å². The Hall–Kier alpha value is -3.29. The monoisotopic (exact) mass is 411 g/mol. The Labute approximate surface area is 176 Å². The van der Waals surface area contributed by atoms with Gasteiger partial charge in [-0.2, -0.15) is 0 Å². The molecule has 2 aromatic rings. The number of carbonyl (C=O) groups is 2. The number of carbonyl (C=O) groups excluding carboxylic acids is 2. The van der Waals surface area contributed by atoms with Crippen molar-refractivity contribution < 1.29 is 14.0 Å². The molecule has 160 valence electrons. The minimum atomic E-state index is -0.257. The van der Waals surface area contributed by atoms with Crippen LogP contribution < -0.4 is 16.4 Å². The molecule has 8 nitrogen and oxygen atoms in total. The van der Waals surface area contributed by atoms with Crippen LogP contribution in [0.5, 0.6) is 0 Å². The minimum Gasteiger partial charge on any atom is -0.467 e. The summed E-state index contributed by atoms with van der Waals surface area (Å²) in [7, 11) is 1.75. The second-order valence-electron chi connectivity index (χ2n) is 7.49. The molecular weight excluding hydrogens is 382 g/mol. The smallest absolute Gasteiger partial charge is 0.251 e. The Kier molecular flexibility index (Phi) is 7.48. The molecule has 0 aliphatic carbocycles. The van der Waals surface area contributed by atoms with Gasteiger partial charge in [-0.15, -0.1) is 0 Å². The lowest BCUT2D eigenvalue weighted by Crippen LogP contribution is -2.46. The van der Waals surface area contributed by atoms with Crippen LogP contribution in [0.3, 0.4) is 0 Å². The predicted molar refractivity (Wildman–Crippen MR) is 115 cm³/mol. The molecule has 0 saturated carbocycles. The fraction of sp³-hybridized carbons (Fsp3) is 0.409. The normalized spacial score (nSPS) is 16.9. The van der Waals surface area contributed by atoms with Crippen molar-refractivity contribution in [2.45, 2.75) is 32.4 Å². The first kappa shape index (κ1) is 21.4. The zero-order chi connectivity index (χ0) is 21.3. The van der Waals surface area contributed by atoms with Gasteiger partial charge in [0.1, 0.15) is 5.76 Å². The first-order chi connectivity index (χ1) is 14.5. The molecule has 0 bridgehead atoms. The van der Waals surface area contributed by atoms with Gasteiger partial charge in [-0.25, -0.2) is 0 Å². The molecule has 0 radical (unpaired) electrons. The molecule has 1 fully saturated rings. The average molecular weight is 412 g/mol. The fourth-order valence-corrected chi connectivity index (χ4v) is 3.73. The molecule has 1 aromatic carbocycles. The average Bonchev–Trinajstić information content (AvgIpc) is 3.26. The van der Waals surface area contributed by atoms with Crippen LogP contribution in [0.15, 0.2) is 52.1 Å².